The highest BCUT2D eigenvalue weighted by Crippen LogP contribution is 2.14. The third-order valence-corrected chi connectivity index (χ3v) is 11.0. The number of esters is 2. The minimum absolute atomic E-state index is 0.0543. The number of nitrogens with zero attached hydrogens (tertiary/aromatic N) is 1. The molecule has 8 heteroatoms. The van der Waals surface area contributed by atoms with Gasteiger partial charge in [0.05, 0.1) is 34.4 Å². The molecule has 1 N–H and O–H groups in total. The Hall–Kier alpha value is -2.71. The normalized spacial score (nSPS) is 13.3. The van der Waals surface area contributed by atoms with Crippen molar-refractivity contribution in [3.63, 3.8) is 0 Å². The summed E-state index contributed by atoms with van der Waals surface area (Å²) in [6.45, 7) is 4.70. The summed E-state index contributed by atoms with van der Waals surface area (Å²) in [7, 11) is 5.53. The summed E-state index contributed by atoms with van der Waals surface area (Å²) in [4.78, 5) is 37.1. The van der Waals surface area contributed by atoms with Crippen molar-refractivity contribution >= 4 is 17.9 Å². The van der Waals surface area contributed by atoms with Gasteiger partial charge in [0.25, 0.3) is 0 Å². The van der Waals surface area contributed by atoms with Crippen LogP contribution < -0.4 is 0 Å². The van der Waals surface area contributed by atoms with Gasteiger partial charge in [0.15, 0.2) is 12.1 Å². The van der Waals surface area contributed by atoms with E-state index >= 15 is 0 Å². The number of carboxylic acid groups (broad SMARTS) is 1. The van der Waals surface area contributed by atoms with Crippen molar-refractivity contribution in [1.29, 1.82) is 0 Å². The number of rotatable bonds is 44. The van der Waals surface area contributed by atoms with E-state index in [9.17, 15) is 19.5 Å². The SMILES string of the molecule is CCCCC/C=C\C/C=C\C/C=C\CCCCCCCCC(=O)OC(COCCC(C(=O)O)[N+](C)(C)C)COC(=O)CCCCCCCCC/C=C\CCCCCCCC. The van der Waals surface area contributed by atoms with Crippen molar-refractivity contribution in [3.8, 4) is 0 Å². The van der Waals surface area contributed by atoms with Crippen LogP contribution in [-0.2, 0) is 28.6 Å². The lowest BCUT2D eigenvalue weighted by atomic mass is 10.1. The zero-order chi connectivity index (χ0) is 44.2. The molecule has 0 amide bonds. The van der Waals surface area contributed by atoms with Crippen LogP contribution in [0.1, 0.15) is 213 Å². The van der Waals surface area contributed by atoms with E-state index in [1.807, 2.05) is 21.1 Å². The lowest BCUT2D eigenvalue weighted by Gasteiger charge is -2.31. The van der Waals surface area contributed by atoms with Crippen molar-refractivity contribution in [2.45, 2.75) is 225 Å². The summed E-state index contributed by atoms with van der Waals surface area (Å²) in [5, 5.41) is 9.64. The van der Waals surface area contributed by atoms with E-state index in [-0.39, 0.29) is 36.2 Å². The van der Waals surface area contributed by atoms with E-state index in [2.05, 4.69) is 62.5 Å². The molecule has 2 atom stereocenters. The van der Waals surface area contributed by atoms with E-state index in [4.69, 9.17) is 14.2 Å². The Labute approximate surface area is 369 Å². The number of allylic oxidation sites excluding steroid dienone is 8. The van der Waals surface area contributed by atoms with Crippen LogP contribution in [0.4, 0.5) is 0 Å². The van der Waals surface area contributed by atoms with Gasteiger partial charge in [-0.3, -0.25) is 9.59 Å². The predicted octanol–water partition coefficient (Wildman–Crippen LogP) is 14.0. The molecule has 8 nitrogen and oxygen atoms in total. The molecule has 0 spiro atoms. The van der Waals surface area contributed by atoms with Crippen molar-refractivity contribution in [3.05, 3.63) is 48.6 Å². The smallest absolute Gasteiger partial charge is 0.362 e. The van der Waals surface area contributed by atoms with Crippen LogP contribution in [0.3, 0.4) is 0 Å². The quantitative estimate of drug-likeness (QED) is 0.0282. The Morgan fingerprint density at radius 3 is 1.35 bits per heavy atom. The van der Waals surface area contributed by atoms with Gasteiger partial charge in [-0.1, -0.05) is 165 Å². The number of ether oxygens (including phenoxy) is 3. The Morgan fingerprint density at radius 1 is 0.500 bits per heavy atom. The van der Waals surface area contributed by atoms with E-state index < -0.39 is 18.1 Å². The number of quaternary nitrogens is 1. The number of hydrogen-bond acceptors (Lipinski definition) is 6. The fourth-order valence-corrected chi connectivity index (χ4v) is 7.09. The second-order valence-corrected chi connectivity index (χ2v) is 17.7. The summed E-state index contributed by atoms with van der Waals surface area (Å²) >= 11 is 0. The first-order chi connectivity index (χ1) is 29.1. The molecular weight excluding hydrogens is 751 g/mol. The molecule has 0 aliphatic carbocycles. The number of carboxylic acids is 1. The van der Waals surface area contributed by atoms with Gasteiger partial charge in [-0.05, 0) is 77.0 Å². The summed E-state index contributed by atoms with van der Waals surface area (Å²) in [5.41, 5.74) is 0. The molecule has 0 heterocycles. The maximum Gasteiger partial charge on any atom is 0.362 e. The first-order valence-electron chi connectivity index (χ1n) is 24.7. The topological polar surface area (TPSA) is 99.1 Å². The van der Waals surface area contributed by atoms with Crippen LogP contribution in [0.2, 0.25) is 0 Å². The van der Waals surface area contributed by atoms with Crippen LogP contribution >= 0.6 is 0 Å². The van der Waals surface area contributed by atoms with E-state index in [1.54, 1.807) is 0 Å². The van der Waals surface area contributed by atoms with Crippen molar-refractivity contribution < 1.29 is 38.2 Å². The molecule has 0 rings (SSSR count). The number of likely N-dealkylation sites (N-methyl/N-ethyl adjacent to an activating group) is 1. The number of hydrogen-bond donors (Lipinski definition) is 1. The fraction of sp³-hybridized carbons (Fsp3) is 0.788. The van der Waals surface area contributed by atoms with Gasteiger partial charge < -0.3 is 23.8 Å². The molecule has 0 aliphatic rings. The zero-order valence-corrected chi connectivity index (χ0v) is 39.7. The lowest BCUT2D eigenvalue weighted by Crippen LogP contribution is -2.50. The van der Waals surface area contributed by atoms with Crippen LogP contribution in [-0.4, -0.2) is 80.6 Å². The van der Waals surface area contributed by atoms with Crippen LogP contribution in [0.5, 0.6) is 0 Å². The lowest BCUT2D eigenvalue weighted by molar-refractivity contribution is -0.887. The Balaban J connectivity index is 4.31. The van der Waals surface area contributed by atoms with Gasteiger partial charge in [-0.2, -0.15) is 0 Å². The van der Waals surface area contributed by atoms with Gasteiger partial charge >= 0.3 is 17.9 Å². The number of carbonyl (C=O) groups excluding carboxylic acids is 2. The van der Waals surface area contributed by atoms with Gasteiger partial charge in [0.1, 0.15) is 6.61 Å². The molecule has 0 aromatic heterocycles. The summed E-state index contributed by atoms with van der Waals surface area (Å²) in [6, 6.07) is -0.619. The molecule has 60 heavy (non-hydrogen) atoms. The van der Waals surface area contributed by atoms with Gasteiger partial charge in [0, 0.05) is 19.3 Å². The number of unbranched alkanes of at least 4 members (excludes halogenated alkanes) is 22. The zero-order valence-electron chi connectivity index (χ0n) is 39.7. The molecule has 0 radical (unpaired) electrons. The van der Waals surface area contributed by atoms with E-state index in [0.717, 1.165) is 64.2 Å². The van der Waals surface area contributed by atoms with Gasteiger partial charge in [-0.15, -0.1) is 0 Å². The standard InChI is InChI=1S/C52H93NO7/c1-6-8-10-12-14-16-18-20-22-24-25-27-29-31-33-35-37-39-41-43-51(55)60-48(46-58-45-44-49(52(56)57)53(3,4)5)47-59-50(54)42-40-38-36-34-32-30-28-26-23-21-19-17-15-13-11-9-7-2/h14,16,20-23,25,27,48-49H,6-13,15,17-19,24,26,28-47H2,1-5H3/p+1/b16-14-,22-20-,23-21-,27-25-. The molecular formula is C52H94NO7+. The molecule has 0 aromatic rings. The first kappa shape index (κ1) is 57.3. The maximum atomic E-state index is 12.8. The van der Waals surface area contributed by atoms with Crippen molar-refractivity contribution in [2.24, 2.45) is 0 Å². The van der Waals surface area contributed by atoms with Crippen LogP contribution in [0.15, 0.2) is 48.6 Å². The van der Waals surface area contributed by atoms with Crippen molar-refractivity contribution in [2.75, 3.05) is 41.0 Å². The molecule has 0 saturated heterocycles. The average molecular weight is 845 g/mol. The Bertz CT molecular complexity index is 1120. The highest BCUT2D eigenvalue weighted by molar-refractivity contribution is 5.72. The molecule has 0 aliphatic heterocycles. The average Bonchev–Trinajstić information content (AvgIpc) is 3.21. The summed E-state index contributed by atoms with van der Waals surface area (Å²) in [5.74, 6) is -1.48. The number of aliphatic carboxylic acids is 1. The summed E-state index contributed by atoms with van der Waals surface area (Å²) in [6.07, 6.45) is 51.5. The third-order valence-electron chi connectivity index (χ3n) is 11.0. The van der Waals surface area contributed by atoms with Crippen LogP contribution in [0.25, 0.3) is 0 Å². The largest absolute Gasteiger partial charge is 0.477 e. The molecule has 0 saturated carbocycles. The third kappa shape index (κ3) is 40.7. The highest BCUT2D eigenvalue weighted by Gasteiger charge is 2.31. The fourth-order valence-electron chi connectivity index (χ4n) is 7.09. The van der Waals surface area contributed by atoms with Crippen LogP contribution in [0, 0.1) is 0 Å². The molecule has 2 unspecified atom stereocenters. The minimum atomic E-state index is -0.878. The molecule has 0 bridgehead atoms. The molecule has 348 valence electrons. The van der Waals surface area contributed by atoms with Gasteiger partial charge in [-0.25, -0.2) is 4.79 Å². The Morgan fingerprint density at radius 2 is 0.883 bits per heavy atom. The van der Waals surface area contributed by atoms with E-state index in [1.165, 1.54) is 116 Å². The molecule has 0 aromatic carbocycles. The highest BCUT2D eigenvalue weighted by atomic mass is 16.6. The minimum Gasteiger partial charge on any atom is -0.477 e. The Kier molecular flexibility index (Phi) is 41.0. The second-order valence-electron chi connectivity index (χ2n) is 17.7. The molecule has 0 fully saturated rings. The maximum absolute atomic E-state index is 12.8. The van der Waals surface area contributed by atoms with Crippen molar-refractivity contribution in [1.82, 2.24) is 0 Å². The van der Waals surface area contributed by atoms with Gasteiger partial charge in [0.2, 0.25) is 0 Å². The predicted molar refractivity (Wildman–Crippen MR) is 252 cm³/mol. The second kappa shape index (κ2) is 43.0. The van der Waals surface area contributed by atoms with E-state index in [0.29, 0.717) is 19.3 Å². The summed E-state index contributed by atoms with van der Waals surface area (Å²) < 4.78 is 17.3. The first-order valence-corrected chi connectivity index (χ1v) is 24.7. The monoisotopic (exact) mass is 845 g/mol. The number of carbonyl (C=O) groups is 3.